The van der Waals surface area contributed by atoms with Crippen LogP contribution in [0.15, 0.2) is 0 Å². The third-order valence-corrected chi connectivity index (χ3v) is 1.26. The summed E-state index contributed by atoms with van der Waals surface area (Å²) >= 11 is 0. The first-order valence-electron chi connectivity index (χ1n) is 4.38. The average Bonchev–Trinajstić information content (AvgIpc) is 2.05. The molecular weight excluding hydrogens is 172 g/mol. The minimum absolute atomic E-state index is 0.213. The van der Waals surface area contributed by atoms with E-state index in [2.05, 4.69) is 15.4 Å². The molecule has 0 aromatic rings. The lowest BCUT2D eigenvalue weighted by atomic mass is 10.4. The van der Waals surface area contributed by atoms with Crippen molar-refractivity contribution in [2.45, 2.75) is 20.3 Å². The van der Waals surface area contributed by atoms with Gasteiger partial charge in [-0.15, -0.1) is 0 Å². The third-order valence-electron chi connectivity index (χ3n) is 1.26. The Morgan fingerprint density at radius 3 is 2.46 bits per heavy atom. The number of ether oxygens (including phenoxy) is 1. The normalized spacial score (nSPS) is 9.08. The van der Waals surface area contributed by atoms with Crippen LogP contribution in [0.2, 0.25) is 0 Å². The van der Waals surface area contributed by atoms with Gasteiger partial charge < -0.3 is 15.4 Å². The van der Waals surface area contributed by atoms with Crippen LogP contribution in [-0.4, -0.2) is 31.7 Å². The summed E-state index contributed by atoms with van der Waals surface area (Å²) in [6.07, 6.45) is 0.213. The molecule has 0 aliphatic rings. The van der Waals surface area contributed by atoms with E-state index in [1.165, 1.54) is 0 Å². The highest BCUT2D eigenvalue weighted by Crippen LogP contribution is 1.83. The minimum Gasteiger partial charge on any atom is -0.466 e. The van der Waals surface area contributed by atoms with Gasteiger partial charge in [0.25, 0.3) is 0 Å². The Bertz CT molecular complexity index is 153. The average molecular weight is 188 g/mol. The second-order valence-electron chi connectivity index (χ2n) is 2.34. The van der Waals surface area contributed by atoms with Crippen molar-refractivity contribution in [1.82, 2.24) is 10.6 Å². The molecule has 0 aliphatic heterocycles. The van der Waals surface area contributed by atoms with Crippen molar-refractivity contribution in [2.24, 2.45) is 0 Å². The molecule has 0 bridgehead atoms. The van der Waals surface area contributed by atoms with Gasteiger partial charge in [0.05, 0.1) is 13.0 Å². The molecule has 0 aromatic carbocycles. The molecule has 13 heavy (non-hydrogen) atoms. The topological polar surface area (TPSA) is 67.4 Å². The largest absolute Gasteiger partial charge is 0.466 e. The predicted octanol–water partition coefficient (Wildman–Crippen LogP) is 0.259. The number of esters is 1. The highest BCUT2D eigenvalue weighted by molar-refractivity contribution is 5.75. The highest BCUT2D eigenvalue weighted by atomic mass is 16.5. The van der Waals surface area contributed by atoms with Crippen LogP contribution in [0.4, 0.5) is 4.79 Å². The number of rotatable bonds is 5. The highest BCUT2D eigenvalue weighted by Gasteiger charge is 2.02. The fraction of sp³-hybridized carbons (Fsp3) is 0.750. The Hall–Kier alpha value is -1.26. The van der Waals surface area contributed by atoms with E-state index >= 15 is 0 Å². The molecule has 0 spiro atoms. The molecule has 2 N–H and O–H groups in total. The van der Waals surface area contributed by atoms with Gasteiger partial charge in [0, 0.05) is 13.1 Å². The molecule has 0 atom stereocenters. The zero-order valence-corrected chi connectivity index (χ0v) is 8.05. The van der Waals surface area contributed by atoms with E-state index < -0.39 is 0 Å². The summed E-state index contributed by atoms with van der Waals surface area (Å²) in [6.45, 7) is 4.83. The summed E-state index contributed by atoms with van der Waals surface area (Å²) in [5, 5.41) is 5.07. The molecule has 0 fully saturated rings. The first kappa shape index (κ1) is 11.7. The second-order valence-corrected chi connectivity index (χ2v) is 2.34. The number of urea groups is 1. The van der Waals surface area contributed by atoms with Gasteiger partial charge in [0.2, 0.25) is 0 Å². The van der Waals surface area contributed by atoms with Crippen LogP contribution in [0.5, 0.6) is 0 Å². The summed E-state index contributed by atoms with van der Waals surface area (Å²) < 4.78 is 4.67. The Kier molecular flexibility index (Phi) is 6.68. The molecule has 5 heteroatoms. The molecule has 0 saturated carbocycles. The Balaban J connectivity index is 3.33. The Labute approximate surface area is 77.8 Å². The summed E-state index contributed by atoms with van der Waals surface area (Å²) in [7, 11) is 0. The van der Waals surface area contributed by atoms with Crippen LogP contribution in [0.1, 0.15) is 20.3 Å². The van der Waals surface area contributed by atoms with Gasteiger partial charge in [-0.3, -0.25) is 4.79 Å². The molecule has 0 aromatic heterocycles. The first-order valence-corrected chi connectivity index (χ1v) is 4.38. The van der Waals surface area contributed by atoms with Gasteiger partial charge in [-0.05, 0) is 13.8 Å². The van der Waals surface area contributed by atoms with E-state index in [0.717, 1.165) is 0 Å². The van der Waals surface area contributed by atoms with Crippen molar-refractivity contribution in [3.8, 4) is 0 Å². The molecule has 0 saturated heterocycles. The number of amides is 2. The van der Waals surface area contributed by atoms with Gasteiger partial charge >= 0.3 is 12.0 Å². The van der Waals surface area contributed by atoms with Crippen molar-refractivity contribution < 1.29 is 14.3 Å². The minimum atomic E-state index is -0.292. The Morgan fingerprint density at radius 1 is 1.23 bits per heavy atom. The molecule has 0 aliphatic carbocycles. The van der Waals surface area contributed by atoms with E-state index in [1.807, 2.05) is 6.92 Å². The molecule has 0 unspecified atom stereocenters. The quantitative estimate of drug-likeness (QED) is 0.608. The first-order chi connectivity index (χ1) is 6.20. The molecule has 2 amide bonds. The van der Waals surface area contributed by atoms with E-state index in [0.29, 0.717) is 19.7 Å². The maximum Gasteiger partial charge on any atom is 0.314 e. The molecule has 76 valence electrons. The van der Waals surface area contributed by atoms with Gasteiger partial charge in [-0.2, -0.15) is 0 Å². The smallest absolute Gasteiger partial charge is 0.314 e. The van der Waals surface area contributed by atoms with Crippen LogP contribution in [0.25, 0.3) is 0 Å². The van der Waals surface area contributed by atoms with E-state index in [9.17, 15) is 9.59 Å². The van der Waals surface area contributed by atoms with Crippen LogP contribution >= 0.6 is 0 Å². The lowest BCUT2D eigenvalue weighted by molar-refractivity contribution is -0.142. The van der Waals surface area contributed by atoms with Crippen molar-refractivity contribution in [1.29, 1.82) is 0 Å². The summed E-state index contributed by atoms with van der Waals surface area (Å²) in [6, 6.07) is -0.258. The van der Waals surface area contributed by atoms with Crippen LogP contribution in [0.3, 0.4) is 0 Å². The van der Waals surface area contributed by atoms with Gasteiger partial charge in [0.1, 0.15) is 0 Å². The third kappa shape index (κ3) is 7.11. The van der Waals surface area contributed by atoms with Crippen molar-refractivity contribution in [3.05, 3.63) is 0 Å². The van der Waals surface area contributed by atoms with E-state index in [4.69, 9.17) is 0 Å². The standard InChI is InChI=1S/C8H16N2O3/c1-3-9-8(12)10-6-5-7(11)13-4-2/h3-6H2,1-2H3,(H2,9,10,12). The molecule has 0 radical (unpaired) electrons. The van der Waals surface area contributed by atoms with Gasteiger partial charge in [-0.25, -0.2) is 4.79 Å². The summed E-state index contributed by atoms with van der Waals surface area (Å²) in [5.41, 5.74) is 0. The lowest BCUT2D eigenvalue weighted by Crippen LogP contribution is -2.36. The zero-order chi connectivity index (χ0) is 10.1. The van der Waals surface area contributed by atoms with Crippen LogP contribution in [0, 0.1) is 0 Å². The SMILES string of the molecule is CCNC(=O)NCCC(=O)OCC. The van der Waals surface area contributed by atoms with E-state index in [1.54, 1.807) is 6.92 Å². The van der Waals surface area contributed by atoms with Gasteiger partial charge in [-0.1, -0.05) is 0 Å². The fourth-order valence-electron chi connectivity index (χ4n) is 0.734. The van der Waals surface area contributed by atoms with Crippen molar-refractivity contribution in [3.63, 3.8) is 0 Å². The number of nitrogens with one attached hydrogen (secondary N) is 2. The molecule has 5 nitrogen and oxygen atoms in total. The summed E-state index contributed by atoms with van der Waals surface area (Å²) in [4.78, 5) is 21.6. The monoisotopic (exact) mass is 188 g/mol. The maximum atomic E-state index is 10.8. The maximum absolute atomic E-state index is 10.8. The van der Waals surface area contributed by atoms with Gasteiger partial charge in [0.15, 0.2) is 0 Å². The van der Waals surface area contributed by atoms with Crippen molar-refractivity contribution >= 4 is 12.0 Å². The molecular formula is C8H16N2O3. The number of carbonyl (C=O) groups is 2. The fourth-order valence-corrected chi connectivity index (χ4v) is 0.734. The lowest BCUT2D eigenvalue weighted by Gasteiger charge is -2.04. The number of hydrogen-bond donors (Lipinski definition) is 2. The van der Waals surface area contributed by atoms with E-state index in [-0.39, 0.29) is 18.4 Å². The zero-order valence-electron chi connectivity index (χ0n) is 8.05. The molecule has 0 rings (SSSR count). The van der Waals surface area contributed by atoms with Crippen molar-refractivity contribution in [2.75, 3.05) is 19.7 Å². The number of hydrogen-bond acceptors (Lipinski definition) is 3. The van der Waals surface area contributed by atoms with Crippen LogP contribution in [-0.2, 0) is 9.53 Å². The predicted molar refractivity (Wildman–Crippen MR) is 48.3 cm³/mol. The van der Waals surface area contributed by atoms with Crippen LogP contribution < -0.4 is 10.6 Å². The number of carbonyl (C=O) groups excluding carboxylic acids is 2. The summed E-state index contributed by atoms with van der Waals surface area (Å²) in [5.74, 6) is -0.292. The second kappa shape index (κ2) is 7.39. The molecule has 0 heterocycles. The Morgan fingerprint density at radius 2 is 1.92 bits per heavy atom.